The van der Waals surface area contributed by atoms with Crippen molar-refractivity contribution in [3.63, 3.8) is 0 Å². The first-order chi connectivity index (χ1) is 10.5. The van der Waals surface area contributed by atoms with Crippen molar-refractivity contribution in [2.75, 3.05) is 0 Å². The number of nitrogens with two attached hydrogens (primary N) is 1. The maximum atomic E-state index is 13.4. The van der Waals surface area contributed by atoms with Crippen LogP contribution in [0.4, 0.5) is 4.39 Å². The topological polar surface area (TPSA) is 72.4 Å². The summed E-state index contributed by atoms with van der Waals surface area (Å²) in [6.45, 7) is 3.66. The number of rotatable bonds is 3. The Morgan fingerprint density at radius 2 is 2.18 bits per heavy atom. The number of nitrogens with zero attached hydrogens (tertiary/aromatic N) is 2. The molecule has 3 aromatic rings. The van der Waals surface area contributed by atoms with Gasteiger partial charge >= 0.3 is 0 Å². The lowest BCUT2D eigenvalue weighted by atomic mass is 10.1. The normalized spacial score (nSPS) is 12.7. The Balaban J connectivity index is 2.25. The highest BCUT2D eigenvalue weighted by Crippen LogP contribution is 2.31. The molecule has 2 heterocycles. The second kappa shape index (κ2) is 5.60. The van der Waals surface area contributed by atoms with Gasteiger partial charge in [0.2, 0.25) is 0 Å². The van der Waals surface area contributed by atoms with Gasteiger partial charge in [0.15, 0.2) is 4.96 Å². The minimum Gasteiger partial charge on any atom is -0.271 e. The molecule has 22 heavy (non-hydrogen) atoms. The molecule has 0 aliphatic heterocycles. The van der Waals surface area contributed by atoms with Crippen LogP contribution in [0.1, 0.15) is 24.4 Å². The van der Waals surface area contributed by atoms with Gasteiger partial charge in [-0.05, 0) is 31.5 Å². The van der Waals surface area contributed by atoms with E-state index in [2.05, 4.69) is 10.4 Å². The molecule has 0 fully saturated rings. The first-order valence-corrected chi connectivity index (χ1v) is 7.58. The van der Waals surface area contributed by atoms with Crippen molar-refractivity contribution in [1.82, 2.24) is 14.8 Å². The summed E-state index contributed by atoms with van der Waals surface area (Å²) in [6, 6.07) is 7.55. The van der Waals surface area contributed by atoms with Gasteiger partial charge in [0.1, 0.15) is 5.82 Å². The molecule has 5 nitrogen and oxygen atoms in total. The molecule has 1 atom stereocenters. The molecule has 2 aromatic heterocycles. The van der Waals surface area contributed by atoms with Crippen LogP contribution >= 0.6 is 11.3 Å². The number of aromatic nitrogens is 2. The maximum absolute atomic E-state index is 13.4. The van der Waals surface area contributed by atoms with E-state index >= 15 is 0 Å². The maximum Gasteiger partial charge on any atom is 0.259 e. The average molecular weight is 318 g/mol. The third kappa shape index (κ3) is 2.43. The summed E-state index contributed by atoms with van der Waals surface area (Å²) in [5, 5.41) is 0. The Kier molecular flexibility index (Phi) is 3.78. The zero-order valence-corrected chi connectivity index (χ0v) is 12.9. The molecule has 1 unspecified atom stereocenters. The van der Waals surface area contributed by atoms with Crippen LogP contribution in [0.15, 0.2) is 35.1 Å². The van der Waals surface area contributed by atoms with Crippen LogP contribution in [0.5, 0.6) is 0 Å². The number of hydrogen-bond acceptors (Lipinski definition) is 5. The zero-order chi connectivity index (χ0) is 15.9. The lowest BCUT2D eigenvalue weighted by molar-refractivity contribution is 0.586. The Labute approximate surface area is 130 Å². The van der Waals surface area contributed by atoms with E-state index in [0.717, 1.165) is 16.1 Å². The average Bonchev–Trinajstić information content (AvgIpc) is 2.84. The predicted octanol–water partition coefficient (Wildman–Crippen LogP) is 2.39. The molecular formula is C15H15FN4OS. The minimum absolute atomic E-state index is 0.168. The molecule has 0 aliphatic carbocycles. The van der Waals surface area contributed by atoms with Gasteiger partial charge in [-0.15, -0.1) is 0 Å². The summed E-state index contributed by atoms with van der Waals surface area (Å²) >= 11 is 1.36. The summed E-state index contributed by atoms with van der Waals surface area (Å²) < 4.78 is 15.0. The monoisotopic (exact) mass is 318 g/mol. The van der Waals surface area contributed by atoms with Crippen LogP contribution in [0.3, 0.4) is 0 Å². The van der Waals surface area contributed by atoms with Crippen molar-refractivity contribution in [1.29, 1.82) is 0 Å². The van der Waals surface area contributed by atoms with E-state index in [0.29, 0.717) is 10.7 Å². The van der Waals surface area contributed by atoms with E-state index in [1.807, 2.05) is 19.9 Å². The molecule has 0 saturated carbocycles. The molecule has 114 valence electrons. The number of hydrogen-bond donors (Lipinski definition) is 2. The number of benzene rings is 1. The van der Waals surface area contributed by atoms with Crippen molar-refractivity contribution in [2.24, 2.45) is 5.84 Å². The van der Waals surface area contributed by atoms with Crippen molar-refractivity contribution in [3.8, 4) is 10.4 Å². The SMILES string of the molecule is Cc1c(-c2cccc(F)c2)sc2nc(C(C)NN)cc(=O)n12. The fraction of sp³-hybridized carbons (Fsp3) is 0.200. The highest BCUT2D eigenvalue weighted by atomic mass is 32.1. The van der Waals surface area contributed by atoms with Crippen LogP contribution < -0.4 is 16.8 Å². The quantitative estimate of drug-likeness (QED) is 0.574. The third-order valence-corrected chi connectivity index (χ3v) is 4.74. The largest absolute Gasteiger partial charge is 0.271 e. The molecule has 0 amide bonds. The van der Waals surface area contributed by atoms with Crippen molar-refractivity contribution >= 4 is 16.3 Å². The molecule has 3 N–H and O–H groups in total. The second-order valence-corrected chi connectivity index (χ2v) is 6.03. The molecule has 0 radical (unpaired) electrons. The van der Waals surface area contributed by atoms with Gasteiger partial charge in [-0.25, -0.2) is 9.37 Å². The third-order valence-electron chi connectivity index (χ3n) is 3.55. The van der Waals surface area contributed by atoms with Gasteiger partial charge in [0, 0.05) is 11.8 Å². The van der Waals surface area contributed by atoms with Gasteiger partial charge in [-0.3, -0.25) is 20.5 Å². The fourth-order valence-corrected chi connectivity index (χ4v) is 3.46. The van der Waals surface area contributed by atoms with Gasteiger partial charge in [0.05, 0.1) is 16.6 Å². The number of hydrazine groups is 1. The molecule has 3 rings (SSSR count). The molecule has 0 spiro atoms. The Hall–Kier alpha value is -2.09. The van der Waals surface area contributed by atoms with Crippen LogP contribution in [-0.2, 0) is 0 Å². The van der Waals surface area contributed by atoms with Crippen LogP contribution in [0, 0.1) is 12.7 Å². The number of thiazole rings is 1. The predicted molar refractivity (Wildman–Crippen MR) is 85.2 cm³/mol. The van der Waals surface area contributed by atoms with Crippen LogP contribution in [0.25, 0.3) is 15.4 Å². The number of nitrogens with one attached hydrogen (secondary N) is 1. The molecule has 0 saturated heterocycles. The lowest BCUT2D eigenvalue weighted by Gasteiger charge is -2.08. The van der Waals surface area contributed by atoms with E-state index in [9.17, 15) is 9.18 Å². The summed E-state index contributed by atoms with van der Waals surface area (Å²) in [5.74, 6) is 5.09. The molecule has 7 heteroatoms. The molecule has 0 bridgehead atoms. The number of aryl methyl sites for hydroxylation is 1. The van der Waals surface area contributed by atoms with Crippen molar-refractivity contribution in [3.05, 3.63) is 57.9 Å². The Bertz CT molecular complexity index is 902. The van der Waals surface area contributed by atoms with Crippen LogP contribution in [0.2, 0.25) is 0 Å². The standard InChI is InChI=1S/C15H15FN4OS/c1-8(19-17)12-7-13(21)20-9(2)14(22-15(20)18-12)10-4-3-5-11(16)6-10/h3-8,19H,17H2,1-2H3. The lowest BCUT2D eigenvalue weighted by Crippen LogP contribution is -2.28. The Morgan fingerprint density at radius 3 is 2.86 bits per heavy atom. The van der Waals surface area contributed by atoms with Crippen molar-refractivity contribution < 1.29 is 4.39 Å². The molecular weight excluding hydrogens is 303 g/mol. The second-order valence-electron chi connectivity index (χ2n) is 5.05. The van der Waals surface area contributed by atoms with Gasteiger partial charge < -0.3 is 0 Å². The summed E-state index contributed by atoms with van der Waals surface area (Å²) in [4.78, 5) is 18.2. The van der Waals surface area contributed by atoms with Gasteiger partial charge in [-0.2, -0.15) is 0 Å². The van der Waals surface area contributed by atoms with E-state index in [-0.39, 0.29) is 17.4 Å². The van der Waals surface area contributed by atoms with E-state index in [1.165, 1.54) is 33.9 Å². The Morgan fingerprint density at radius 1 is 1.41 bits per heavy atom. The fourth-order valence-electron chi connectivity index (χ4n) is 2.33. The van der Waals surface area contributed by atoms with E-state index in [1.54, 1.807) is 6.07 Å². The van der Waals surface area contributed by atoms with Crippen LogP contribution in [-0.4, -0.2) is 9.38 Å². The summed E-state index contributed by atoms with van der Waals surface area (Å²) in [6.07, 6.45) is 0. The highest BCUT2D eigenvalue weighted by Gasteiger charge is 2.16. The smallest absolute Gasteiger partial charge is 0.259 e. The number of halogens is 1. The molecule has 1 aromatic carbocycles. The van der Waals surface area contributed by atoms with E-state index in [4.69, 9.17) is 5.84 Å². The number of fused-ring (bicyclic) bond motifs is 1. The zero-order valence-electron chi connectivity index (χ0n) is 12.1. The highest BCUT2D eigenvalue weighted by molar-refractivity contribution is 7.20. The van der Waals surface area contributed by atoms with Crippen molar-refractivity contribution in [2.45, 2.75) is 19.9 Å². The summed E-state index contributed by atoms with van der Waals surface area (Å²) in [5.41, 5.74) is 4.48. The van der Waals surface area contributed by atoms with Gasteiger partial charge in [0.25, 0.3) is 5.56 Å². The summed E-state index contributed by atoms with van der Waals surface area (Å²) in [7, 11) is 0. The first-order valence-electron chi connectivity index (χ1n) is 6.76. The van der Waals surface area contributed by atoms with E-state index < -0.39 is 0 Å². The molecule has 0 aliphatic rings. The minimum atomic E-state index is -0.309. The van der Waals surface area contributed by atoms with Gasteiger partial charge in [-0.1, -0.05) is 23.5 Å². The first kappa shape index (κ1) is 14.8.